The van der Waals surface area contributed by atoms with Crippen LogP contribution in [0.1, 0.15) is 17.6 Å². The Morgan fingerprint density at radius 1 is 1.00 bits per heavy atom. The Kier molecular flexibility index (Phi) is 5.93. The molecule has 3 aromatic carbocycles. The quantitative estimate of drug-likeness (QED) is 0.228. The molecule has 4 atom stereocenters. The summed E-state index contributed by atoms with van der Waals surface area (Å²) in [4.78, 5) is 45.5. The van der Waals surface area contributed by atoms with Crippen LogP contribution in [0.4, 0.5) is 4.79 Å². The number of amides is 2. The monoisotopic (exact) mass is 561 g/mol. The molecular weight excluding hydrogens is 534 g/mol. The number of carboxylic acid groups (broad SMARTS) is 1. The number of ether oxygens (including phenoxy) is 1. The molecule has 10 heteroatoms. The lowest BCUT2D eigenvalue weighted by molar-refractivity contribution is -0.125. The second-order valence-electron chi connectivity index (χ2n) is 10.8. The van der Waals surface area contributed by atoms with E-state index in [2.05, 4.69) is 17.0 Å². The SMILES string of the molecule is C=CC1CC1(NC(=O)C1CC(Oc2nc3ccccc3c3ccccc23)CN1C(=O)O)C(=O)n1ncc2ccccc21. The lowest BCUT2D eigenvalue weighted by Gasteiger charge is -2.24. The maximum absolute atomic E-state index is 13.8. The number of aromatic nitrogens is 3. The molecule has 2 amide bonds. The number of carbonyl (C=O) groups is 3. The van der Waals surface area contributed by atoms with Crippen molar-refractivity contribution in [3.8, 4) is 5.88 Å². The van der Waals surface area contributed by atoms with Gasteiger partial charge in [-0.05, 0) is 30.0 Å². The van der Waals surface area contributed by atoms with Gasteiger partial charge in [-0.15, -0.1) is 6.58 Å². The van der Waals surface area contributed by atoms with E-state index in [4.69, 9.17) is 9.72 Å². The molecule has 1 aliphatic heterocycles. The van der Waals surface area contributed by atoms with Gasteiger partial charge in [-0.25, -0.2) is 9.78 Å². The second kappa shape index (κ2) is 9.69. The van der Waals surface area contributed by atoms with Crippen LogP contribution in [0.3, 0.4) is 0 Å². The summed E-state index contributed by atoms with van der Waals surface area (Å²) in [6.07, 6.45) is 1.83. The summed E-state index contributed by atoms with van der Waals surface area (Å²) in [5.74, 6) is -0.876. The molecule has 2 N–H and O–H groups in total. The van der Waals surface area contributed by atoms with Gasteiger partial charge in [-0.1, -0.05) is 60.7 Å². The summed E-state index contributed by atoms with van der Waals surface area (Å²) in [7, 11) is 0. The molecule has 42 heavy (non-hydrogen) atoms. The first kappa shape index (κ1) is 25.7. The van der Waals surface area contributed by atoms with Crippen LogP contribution in [0.5, 0.6) is 5.88 Å². The van der Waals surface area contributed by atoms with E-state index in [0.29, 0.717) is 17.8 Å². The van der Waals surface area contributed by atoms with E-state index in [0.717, 1.165) is 32.0 Å². The van der Waals surface area contributed by atoms with Gasteiger partial charge in [0.1, 0.15) is 17.7 Å². The summed E-state index contributed by atoms with van der Waals surface area (Å²) < 4.78 is 7.60. The molecule has 3 heterocycles. The van der Waals surface area contributed by atoms with Crippen molar-refractivity contribution in [2.75, 3.05) is 6.54 Å². The topological polar surface area (TPSA) is 127 Å². The van der Waals surface area contributed by atoms with Crippen LogP contribution in [0.2, 0.25) is 0 Å². The molecule has 0 radical (unpaired) electrons. The van der Waals surface area contributed by atoms with E-state index >= 15 is 0 Å². The van der Waals surface area contributed by atoms with Crippen molar-refractivity contribution in [1.29, 1.82) is 0 Å². The smallest absolute Gasteiger partial charge is 0.408 e. The van der Waals surface area contributed by atoms with Gasteiger partial charge in [0.25, 0.3) is 5.91 Å². The maximum Gasteiger partial charge on any atom is 0.408 e. The third kappa shape index (κ3) is 4.06. The Balaban J connectivity index is 1.16. The van der Waals surface area contributed by atoms with Crippen LogP contribution in [-0.2, 0) is 4.79 Å². The number of rotatable bonds is 6. The highest BCUT2D eigenvalue weighted by Gasteiger charge is 2.61. The van der Waals surface area contributed by atoms with Gasteiger partial charge in [0.15, 0.2) is 0 Å². The van der Waals surface area contributed by atoms with Crippen molar-refractivity contribution < 1.29 is 24.2 Å². The Hall–Kier alpha value is -5.25. The van der Waals surface area contributed by atoms with E-state index in [9.17, 15) is 19.5 Å². The summed E-state index contributed by atoms with van der Waals surface area (Å²) >= 11 is 0. The third-order valence-electron chi connectivity index (χ3n) is 8.36. The first-order chi connectivity index (χ1) is 20.4. The predicted octanol–water partition coefficient (Wildman–Crippen LogP) is 4.64. The zero-order chi connectivity index (χ0) is 29.0. The Labute approximate surface area is 240 Å². The average Bonchev–Trinajstić information content (AvgIpc) is 3.32. The molecule has 7 rings (SSSR count). The normalized spacial score (nSPS) is 23.2. The molecule has 2 aromatic heterocycles. The van der Waals surface area contributed by atoms with E-state index in [-0.39, 0.29) is 24.8 Å². The third-order valence-corrected chi connectivity index (χ3v) is 8.36. The highest BCUT2D eigenvalue weighted by atomic mass is 16.5. The van der Waals surface area contributed by atoms with E-state index in [1.165, 1.54) is 4.68 Å². The molecular formula is C32H27N5O5. The molecule has 0 spiro atoms. The molecule has 210 valence electrons. The zero-order valence-electron chi connectivity index (χ0n) is 22.5. The van der Waals surface area contributed by atoms with E-state index in [1.54, 1.807) is 18.3 Å². The van der Waals surface area contributed by atoms with E-state index < -0.39 is 29.7 Å². The number of carbonyl (C=O) groups excluding carboxylic acids is 2. The lowest BCUT2D eigenvalue weighted by atomic mass is 10.1. The summed E-state index contributed by atoms with van der Waals surface area (Å²) in [5, 5.41) is 20.7. The van der Waals surface area contributed by atoms with Gasteiger partial charge >= 0.3 is 6.09 Å². The Morgan fingerprint density at radius 3 is 2.48 bits per heavy atom. The highest BCUT2D eigenvalue weighted by molar-refractivity contribution is 6.07. The number of fused-ring (bicyclic) bond motifs is 4. The van der Waals surface area contributed by atoms with Gasteiger partial charge < -0.3 is 15.2 Å². The molecule has 2 aliphatic rings. The molecule has 2 fully saturated rings. The number of pyridine rings is 1. The molecule has 5 aromatic rings. The number of nitrogens with one attached hydrogen (secondary N) is 1. The van der Waals surface area contributed by atoms with Gasteiger partial charge in [-0.3, -0.25) is 14.5 Å². The number of para-hydroxylation sites is 2. The van der Waals surface area contributed by atoms with Gasteiger partial charge in [0, 0.05) is 28.5 Å². The van der Waals surface area contributed by atoms with Crippen LogP contribution in [0.25, 0.3) is 32.6 Å². The number of likely N-dealkylation sites (tertiary alicyclic amines) is 1. The zero-order valence-corrected chi connectivity index (χ0v) is 22.5. The van der Waals surface area contributed by atoms with Crippen LogP contribution in [-0.4, -0.2) is 66.9 Å². The largest absolute Gasteiger partial charge is 0.472 e. The minimum Gasteiger partial charge on any atom is -0.472 e. The number of nitrogens with zero attached hydrogens (tertiary/aromatic N) is 4. The van der Waals surface area contributed by atoms with Crippen LogP contribution >= 0.6 is 0 Å². The fourth-order valence-corrected chi connectivity index (χ4v) is 6.10. The molecule has 0 bridgehead atoms. The van der Waals surface area contributed by atoms with Crippen molar-refractivity contribution in [2.24, 2.45) is 5.92 Å². The number of hydrogen-bond donors (Lipinski definition) is 2. The fraction of sp³-hybridized carbons (Fsp3) is 0.219. The van der Waals surface area contributed by atoms with E-state index in [1.807, 2.05) is 66.7 Å². The highest BCUT2D eigenvalue weighted by Crippen LogP contribution is 2.46. The molecule has 4 unspecified atom stereocenters. The minimum absolute atomic E-state index is 0.0219. The lowest BCUT2D eigenvalue weighted by Crippen LogP contribution is -2.54. The summed E-state index contributed by atoms with van der Waals surface area (Å²) in [6, 6.07) is 21.7. The fourth-order valence-electron chi connectivity index (χ4n) is 6.10. The predicted molar refractivity (Wildman–Crippen MR) is 156 cm³/mol. The number of benzene rings is 3. The molecule has 10 nitrogen and oxygen atoms in total. The first-order valence-corrected chi connectivity index (χ1v) is 13.8. The summed E-state index contributed by atoms with van der Waals surface area (Å²) in [6.45, 7) is 3.81. The van der Waals surface area contributed by atoms with Crippen molar-refractivity contribution in [3.63, 3.8) is 0 Å². The number of hydrogen-bond acceptors (Lipinski definition) is 6. The van der Waals surface area contributed by atoms with Gasteiger partial charge in [0.2, 0.25) is 11.8 Å². The van der Waals surface area contributed by atoms with Crippen LogP contribution in [0, 0.1) is 5.92 Å². The minimum atomic E-state index is -1.26. The standard InChI is InChI=1S/C32H27N5O5/c1-2-20-16-32(20,30(39)37-26-14-8-3-9-19(26)17-33-37)35-28(38)27-15-21(18-36(27)31(40)41)42-29-24-12-5-4-10-22(24)23-11-6-7-13-25(23)34-29/h2-14,17,20-21,27H,1,15-16,18H2,(H,35,38)(H,40,41). The molecule has 1 saturated carbocycles. The van der Waals surface area contributed by atoms with Crippen molar-refractivity contribution >= 4 is 50.5 Å². The molecule has 1 saturated heterocycles. The van der Waals surface area contributed by atoms with Gasteiger partial charge in [0.05, 0.1) is 23.8 Å². The van der Waals surface area contributed by atoms with Gasteiger partial charge in [-0.2, -0.15) is 9.78 Å². The Morgan fingerprint density at radius 2 is 1.71 bits per heavy atom. The van der Waals surface area contributed by atoms with Crippen LogP contribution in [0.15, 0.2) is 91.6 Å². The van der Waals surface area contributed by atoms with Crippen molar-refractivity contribution in [1.82, 2.24) is 25.0 Å². The van der Waals surface area contributed by atoms with Crippen molar-refractivity contribution in [2.45, 2.75) is 30.5 Å². The summed E-state index contributed by atoms with van der Waals surface area (Å²) in [5.41, 5.74) is 0.124. The Bertz CT molecular complexity index is 1920. The first-order valence-electron chi connectivity index (χ1n) is 13.8. The maximum atomic E-state index is 13.8. The molecule has 1 aliphatic carbocycles. The van der Waals surface area contributed by atoms with Crippen LogP contribution < -0.4 is 10.1 Å². The average molecular weight is 562 g/mol. The van der Waals surface area contributed by atoms with Crippen molar-refractivity contribution in [3.05, 3.63) is 91.6 Å². The second-order valence-corrected chi connectivity index (χ2v) is 10.8.